The standard InChI is InChI=1S/C10H10N2OS/c1-13-10-12-6-9(14-10)7-3-2-4-8(11)5-7/h2-6H,11H2,1H3. The maximum atomic E-state index is 5.69. The van der Waals surface area contributed by atoms with Crippen molar-refractivity contribution in [3.05, 3.63) is 30.5 Å². The summed E-state index contributed by atoms with van der Waals surface area (Å²) < 4.78 is 5.02. The zero-order valence-electron chi connectivity index (χ0n) is 7.73. The maximum Gasteiger partial charge on any atom is 0.273 e. The van der Waals surface area contributed by atoms with Gasteiger partial charge in [0.25, 0.3) is 5.19 Å². The van der Waals surface area contributed by atoms with Crippen molar-refractivity contribution >= 4 is 17.0 Å². The lowest BCUT2D eigenvalue weighted by atomic mass is 10.2. The Morgan fingerprint density at radius 2 is 2.29 bits per heavy atom. The molecule has 1 aromatic carbocycles. The predicted molar refractivity (Wildman–Crippen MR) is 58.5 cm³/mol. The van der Waals surface area contributed by atoms with Gasteiger partial charge in [0.1, 0.15) is 0 Å². The number of anilines is 1. The molecule has 0 radical (unpaired) electrons. The first-order valence-electron chi connectivity index (χ1n) is 4.15. The minimum Gasteiger partial charge on any atom is -0.473 e. The fraction of sp³-hybridized carbons (Fsp3) is 0.100. The van der Waals surface area contributed by atoms with Crippen molar-refractivity contribution in [2.24, 2.45) is 0 Å². The van der Waals surface area contributed by atoms with Crippen LogP contribution in [0, 0.1) is 0 Å². The van der Waals surface area contributed by atoms with E-state index in [1.807, 2.05) is 24.3 Å². The summed E-state index contributed by atoms with van der Waals surface area (Å²) in [5.74, 6) is 0. The van der Waals surface area contributed by atoms with Gasteiger partial charge in [0.15, 0.2) is 0 Å². The third-order valence-corrected chi connectivity index (χ3v) is 2.84. The van der Waals surface area contributed by atoms with Gasteiger partial charge in [-0.05, 0) is 17.7 Å². The van der Waals surface area contributed by atoms with Crippen LogP contribution >= 0.6 is 11.3 Å². The van der Waals surface area contributed by atoms with E-state index in [1.165, 1.54) is 11.3 Å². The van der Waals surface area contributed by atoms with E-state index < -0.39 is 0 Å². The molecule has 0 amide bonds. The van der Waals surface area contributed by atoms with Crippen LogP contribution in [-0.4, -0.2) is 12.1 Å². The van der Waals surface area contributed by atoms with Crippen LogP contribution in [-0.2, 0) is 0 Å². The van der Waals surface area contributed by atoms with E-state index in [0.717, 1.165) is 16.1 Å². The van der Waals surface area contributed by atoms with Crippen LogP contribution in [0.4, 0.5) is 5.69 Å². The summed E-state index contributed by atoms with van der Waals surface area (Å²) in [4.78, 5) is 5.16. The highest BCUT2D eigenvalue weighted by atomic mass is 32.1. The molecule has 2 N–H and O–H groups in total. The van der Waals surface area contributed by atoms with Gasteiger partial charge in [-0.15, -0.1) is 0 Å². The van der Waals surface area contributed by atoms with Crippen molar-refractivity contribution < 1.29 is 4.74 Å². The molecule has 1 heterocycles. The molecule has 72 valence electrons. The molecule has 0 aliphatic carbocycles. The molecule has 3 nitrogen and oxygen atoms in total. The van der Waals surface area contributed by atoms with E-state index in [4.69, 9.17) is 10.5 Å². The van der Waals surface area contributed by atoms with Crippen molar-refractivity contribution in [1.82, 2.24) is 4.98 Å². The number of nitrogens with two attached hydrogens (primary N) is 1. The SMILES string of the molecule is COc1ncc(-c2cccc(N)c2)s1. The van der Waals surface area contributed by atoms with E-state index >= 15 is 0 Å². The number of thiazole rings is 1. The van der Waals surface area contributed by atoms with Crippen molar-refractivity contribution in [2.75, 3.05) is 12.8 Å². The molecule has 0 saturated heterocycles. The molecule has 0 unspecified atom stereocenters. The molecule has 1 aromatic heterocycles. The highest BCUT2D eigenvalue weighted by Crippen LogP contribution is 2.30. The minimum atomic E-state index is 0.669. The van der Waals surface area contributed by atoms with E-state index in [-0.39, 0.29) is 0 Å². The smallest absolute Gasteiger partial charge is 0.273 e. The van der Waals surface area contributed by atoms with Gasteiger partial charge < -0.3 is 10.5 Å². The second-order valence-corrected chi connectivity index (χ2v) is 3.81. The average Bonchev–Trinajstić information content (AvgIpc) is 2.66. The molecule has 4 heteroatoms. The topological polar surface area (TPSA) is 48.1 Å². The number of nitrogens with zero attached hydrogens (tertiary/aromatic N) is 1. The zero-order valence-corrected chi connectivity index (χ0v) is 8.54. The third-order valence-electron chi connectivity index (χ3n) is 1.83. The first-order valence-corrected chi connectivity index (χ1v) is 4.97. The second-order valence-electron chi connectivity index (χ2n) is 2.82. The summed E-state index contributed by atoms with van der Waals surface area (Å²) >= 11 is 1.51. The van der Waals surface area contributed by atoms with Crippen LogP contribution in [0.2, 0.25) is 0 Å². The van der Waals surface area contributed by atoms with E-state index in [9.17, 15) is 0 Å². The Morgan fingerprint density at radius 3 is 2.93 bits per heavy atom. The Bertz CT molecular complexity index is 439. The lowest BCUT2D eigenvalue weighted by Gasteiger charge is -1.97. The Labute approximate surface area is 86.2 Å². The summed E-state index contributed by atoms with van der Waals surface area (Å²) in [5, 5.41) is 0.669. The molecule has 0 bridgehead atoms. The normalized spacial score (nSPS) is 10.1. The fourth-order valence-corrected chi connectivity index (χ4v) is 1.90. The Morgan fingerprint density at radius 1 is 1.43 bits per heavy atom. The number of nitrogen functional groups attached to an aromatic ring is 1. The number of rotatable bonds is 2. The average molecular weight is 206 g/mol. The number of hydrogen-bond donors (Lipinski definition) is 1. The van der Waals surface area contributed by atoms with Gasteiger partial charge >= 0.3 is 0 Å². The van der Waals surface area contributed by atoms with Crippen LogP contribution in [0.1, 0.15) is 0 Å². The fourth-order valence-electron chi connectivity index (χ4n) is 1.18. The molecule has 0 fully saturated rings. The first kappa shape index (κ1) is 9.02. The van der Waals surface area contributed by atoms with E-state index in [2.05, 4.69) is 4.98 Å². The van der Waals surface area contributed by atoms with Crippen LogP contribution in [0.25, 0.3) is 10.4 Å². The summed E-state index contributed by atoms with van der Waals surface area (Å²) in [5.41, 5.74) is 7.52. The monoisotopic (exact) mass is 206 g/mol. The minimum absolute atomic E-state index is 0.669. The number of ether oxygens (including phenoxy) is 1. The van der Waals surface area contributed by atoms with Crippen LogP contribution in [0.3, 0.4) is 0 Å². The third kappa shape index (κ3) is 1.70. The van der Waals surface area contributed by atoms with Crippen molar-refractivity contribution in [3.63, 3.8) is 0 Å². The molecule has 0 aliphatic heterocycles. The highest BCUT2D eigenvalue weighted by molar-refractivity contribution is 7.16. The summed E-state index contributed by atoms with van der Waals surface area (Å²) in [6, 6.07) is 7.72. The number of methoxy groups -OCH3 is 1. The van der Waals surface area contributed by atoms with Crippen molar-refractivity contribution in [2.45, 2.75) is 0 Å². The molecule has 0 atom stereocenters. The highest BCUT2D eigenvalue weighted by Gasteiger charge is 2.03. The largest absolute Gasteiger partial charge is 0.473 e. The molecule has 0 spiro atoms. The summed E-state index contributed by atoms with van der Waals surface area (Å²) in [6.07, 6.45) is 1.79. The van der Waals surface area contributed by atoms with Gasteiger partial charge in [0.2, 0.25) is 0 Å². The molecule has 0 saturated carbocycles. The molecule has 14 heavy (non-hydrogen) atoms. The Balaban J connectivity index is 2.39. The molecule has 0 aliphatic rings. The zero-order chi connectivity index (χ0) is 9.97. The van der Waals surface area contributed by atoms with Crippen LogP contribution < -0.4 is 10.5 Å². The maximum absolute atomic E-state index is 5.69. The van der Waals surface area contributed by atoms with Gasteiger partial charge in [-0.25, -0.2) is 4.98 Å². The number of aromatic nitrogens is 1. The predicted octanol–water partition coefficient (Wildman–Crippen LogP) is 2.40. The number of benzene rings is 1. The van der Waals surface area contributed by atoms with E-state index in [1.54, 1.807) is 13.3 Å². The van der Waals surface area contributed by atoms with Crippen LogP contribution in [0.5, 0.6) is 5.19 Å². The van der Waals surface area contributed by atoms with Gasteiger partial charge in [-0.3, -0.25) is 0 Å². The molecule has 2 aromatic rings. The summed E-state index contributed by atoms with van der Waals surface area (Å²) in [6.45, 7) is 0. The van der Waals surface area contributed by atoms with Crippen molar-refractivity contribution in [1.29, 1.82) is 0 Å². The Hall–Kier alpha value is -1.55. The quantitative estimate of drug-likeness (QED) is 0.767. The number of hydrogen-bond acceptors (Lipinski definition) is 4. The van der Waals surface area contributed by atoms with Gasteiger partial charge in [-0.2, -0.15) is 0 Å². The van der Waals surface area contributed by atoms with Gasteiger partial charge in [-0.1, -0.05) is 23.5 Å². The molecular weight excluding hydrogens is 196 g/mol. The lowest BCUT2D eigenvalue weighted by Crippen LogP contribution is -1.83. The summed E-state index contributed by atoms with van der Waals surface area (Å²) in [7, 11) is 1.61. The lowest BCUT2D eigenvalue weighted by molar-refractivity contribution is 0.412. The van der Waals surface area contributed by atoms with Gasteiger partial charge in [0.05, 0.1) is 12.0 Å². The van der Waals surface area contributed by atoms with Crippen molar-refractivity contribution in [3.8, 4) is 15.6 Å². The molecule has 2 rings (SSSR count). The second kappa shape index (κ2) is 3.67. The Kier molecular flexibility index (Phi) is 2.37. The van der Waals surface area contributed by atoms with E-state index in [0.29, 0.717) is 5.19 Å². The first-order chi connectivity index (χ1) is 6.79. The molecular formula is C10H10N2OS. The van der Waals surface area contributed by atoms with Crippen LogP contribution in [0.15, 0.2) is 30.5 Å². The van der Waals surface area contributed by atoms with Gasteiger partial charge in [0, 0.05) is 11.9 Å².